The Bertz CT molecular complexity index is 805. The van der Waals surface area contributed by atoms with Gasteiger partial charge in [-0.05, 0) is 13.0 Å². The monoisotopic (exact) mass is 395 g/mol. The Kier molecular flexibility index (Phi) is 7.22. The van der Waals surface area contributed by atoms with Crippen molar-refractivity contribution in [2.45, 2.75) is 6.92 Å². The Hall–Kier alpha value is -2.56. The van der Waals surface area contributed by atoms with Gasteiger partial charge in [0.2, 0.25) is 0 Å². The number of hydrogen-bond acceptors (Lipinski definition) is 7. The van der Waals surface area contributed by atoms with Crippen LogP contribution in [0.1, 0.15) is 16.2 Å². The van der Waals surface area contributed by atoms with E-state index in [1.807, 2.05) is 0 Å². The van der Waals surface area contributed by atoms with Gasteiger partial charge in [0.15, 0.2) is 5.69 Å². The Morgan fingerprint density at radius 2 is 2.11 bits per heavy atom. The van der Waals surface area contributed by atoms with Crippen LogP contribution in [0.3, 0.4) is 0 Å². The third-order valence-electron chi connectivity index (χ3n) is 4.32. The standard InChI is InChI=1S/C16H21N7O3.ClH/c1-12-15(16(24)18-7-10-21-8-5-17-6-9-21)19-20-22(12)13-3-2-4-14(11-13)23(25)26;/h2-4,11,17H,5-10H2,1H3,(H,18,24);1H. The number of carbonyl (C=O) groups excluding carboxylic acids is 1. The molecule has 1 aromatic heterocycles. The van der Waals surface area contributed by atoms with Gasteiger partial charge in [-0.2, -0.15) is 0 Å². The van der Waals surface area contributed by atoms with Gasteiger partial charge in [0.25, 0.3) is 11.6 Å². The van der Waals surface area contributed by atoms with Crippen LogP contribution in [0.25, 0.3) is 5.69 Å². The summed E-state index contributed by atoms with van der Waals surface area (Å²) in [7, 11) is 0. The van der Waals surface area contributed by atoms with Crippen molar-refractivity contribution in [3.05, 3.63) is 45.8 Å². The van der Waals surface area contributed by atoms with Crippen molar-refractivity contribution in [3.63, 3.8) is 0 Å². The lowest BCUT2D eigenvalue weighted by molar-refractivity contribution is -0.384. The van der Waals surface area contributed by atoms with E-state index in [1.54, 1.807) is 19.1 Å². The number of nitrogens with zero attached hydrogens (tertiary/aromatic N) is 5. The van der Waals surface area contributed by atoms with Crippen molar-refractivity contribution < 1.29 is 9.72 Å². The molecule has 1 amide bonds. The number of piperazine rings is 1. The van der Waals surface area contributed by atoms with Crippen molar-refractivity contribution in [1.82, 2.24) is 30.5 Å². The summed E-state index contributed by atoms with van der Waals surface area (Å²) in [4.78, 5) is 25.1. The maximum Gasteiger partial charge on any atom is 0.273 e. The van der Waals surface area contributed by atoms with E-state index in [0.29, 0.717) is 17.9 Å². The first-order valence-electron chi connectivity index (χ1n) is 8.44. The lowest BCUT2D eigenvalue weighted by Crippen LogP contribution is -2.46. The van der Waals surface area contributed by atoms with E-state index in [0.717, 1.165) is 32.7 Å². The second-order valence-corrected chi connectivity index (χ2v) is 6.06. The van der Waals surface area contributed by atoms with Crippen molar-refractivity contribution in [1.29, 1.82) is 0 Å². The van der Waals surface area contributed by atoms with E-state index in [9.17, 15) is 14.9 Å². The van der Waals surface area contributed by atoms with Gasteiger partial charge in [-0.1, -0.05) is 11.3 Å². The summed E-state index contributed by atoms with van der Waals surface area (Å²) in [6, 6.07) is 6.05. The van der Waals surface area contributed by atoms with E-state index in [1.165, 1.54) is 16.8 Å². The third-order valence-corrected chi connectivity index (χ3v) is 4.32. The summed E-state index contributed by atoms with van der Waals surface area (Å²) < 4.78 is 1.43. The average Bonchev–Trinajstić information content (AvgIpc) is 3.04. The molecule has 0 spiro atoms. The largest absolute Gasteiger partial charge is 0.349 e. The minimum Gasteiger partial charge on any atom is -0.349 e. The highest BCUT2D eigenvalue weighted by Gasteiger charge is 2.18. The molecular formula is C16H22ClN7O3. The Labute approximate surface area is 162 Å². The molecule has 1 aliphatic rings. The molecule has 1 saturated heterocycles. The Morgan fingerprint density at radius 3 is 2.81 bits per heavy atom. The first kappa shape index (κ1) is 20.7. The smallest absolute Gasteiger partial charge is 0.273 e. The summed E-state index contributed by atoms with van der Waals surface area (Å²) in [5.74, 6) is -0.297. The molecule has 2 heterocycles. The van der Waals surface area contributed by atoms with Gasteiger partial charge in [0.05, 0.1) is 16.3 Å². The normalized spacial score (nSPS) is 14.4. The zero-order valence-corrected chi connectivity index (χ0v) is 15.7. The van der Waals surface area contributed by atoms with Gasteiger partial charge < -0.3 is 10.6 Å². The number of halogens is 1. The summed E-state index contributed by atoms with van der Waals surface area (Å²) in [5, 5.41) is 25.0. The molecule has 0 aliphatic carbocycles. The molecule has 2 N–H and O–H groups in total. The number of nitro benzene ring substituents is 1. The molecule has 27 heavy (non-hydrogen) atoms. The van der Waals surface area contributed by atoms with Crippen LogP contribution in [0.2, 0.25) is 0 Å². The quantitative estimate of drug-likeness (QED) is 0.541. The van der Waals surface area contributed by atoms with Crippen molar-refractivity contribution in [3.8, 4) is 5.69 Å². The van der Waals surface area contributed by atoms with Crippen molar-refractivity contribution in [2.24, 2.45) is 0 Å². The van der Waals surface area contributed by atoms with Crippen molar-refractivity contribution >= 4 is 24.0 Å². The number of non-ortho nitro benzene ring substituents is 1. The number of amides is 1. The predicted molar refractivity (Wildman–Crippen MR) is 102 cm³/mol. The maximum atomic E-state index is 12.4. The molecule has 3 rings (SSSR count). The number of benzene rings is 1. The first-order valence-corrected chi connectivity index (χ1v) is 8.44. The molecule has 0 atom stereocenters. The zero-order chi connectivity index (χ0) is 18.5. The predicted octanol–water partition coefficient (Wildman–Crippen LogP) is 0.541. The third kappa shape index (κ3) is 5.00. The average molecular weight is 396 g/mol. The fourth-order valence-corrected chi connectivity index (χ4v) is 2.87. The lowest BCUT2D eigenvalue weighted by Gasteiger charge is -2.26. The second-order valence-electron chi connectivity index (χ2n) is 6.06. The van der Waals surface area contributed by atoms with Crippen LogP contribution in [-0.2, 0) is 0 Å². The number of nitro groups is 1. The SMILES string of the molecule is Cc1c(C(=O)NCCN2CCNCC2)nnn1-c1cccc([N+](=O)[O-])c1.Cl. The minimum atomic E-state index is -0.473. The molecule has 11 heteroatoms. The molecule has 0 saturated carbocycles. The molecule has 0 unspecified atom stereocenters. The van der Waals surface area contributed by atoms with Crippen LogP contribution < -0.4 is 10.6 Å². The number of hydrogen-bond donors (Lipinski definition) is 2. The zero-order valence-electron chi connectivity index (χ0n) is 14.9. The number of rotatable bonds is 6. The fourth-order valence-electron chi connectivity index (χ4n) is 2.87. The summed E-state index contributed by atoms with van der Waals surface area (Å²) in [5.41, 5.74) is 1.20. The Morgan fingerprint density at radius 1 is 1.37 bits per heavy atom. The van der Waals surface area contributed by atoms with Gasteiger partial charge >= 0.3 is 0 Å². The summed E-state index contributed by atoms with van der Waals surface area (Å²) >= 11 is 0. The number of nitrogens with one attached hydrogen (secondary N) is 2. The highest BCUT2D eigenvalue weighted by atomic mass is 35.5. The topological polar surface area (TPSA) is 118 Å². The fraction of sp³-hybridized carbons (Fsp3) is 0.438. The van der Waals surface area contributed by atoms with Gasteiger partial charge in [0.1, 0.15) is 0 Å². The van der Waals surface area contributed by atoms with Crippen LogP contribution in [0.5, 0.6) is 0 Å². The summed E-state index contributed by atoms with van der Waals surface area (Å²) in [6.45, 7) is 6.89. The van der Waals surface area contributed by atoms with Crippen LogP contribution in [0.4, 0.5) is 5.69 Å². The lowest BCUT2D eigenvalue weighted by atomic mass is 10.2. The van der Waals surface area contributed by atoms with Crippen LogP contribution in [0, 0.1) is 17.0 Å². The first-order chi connectivity index (χ1) is 12.6. The highest BCUT2D eigenvalue weighted by Crippen LogP contribution is 2.18. The van der Waals surface area contributed by atoms with Crippen LogP contribution in [-0.4, -0.2) is 70.0 Å². The van der Waals surface area contributed by atoms with Crippen molar-refractivity contribution in [2.75, 3.05) is 39.3 Å². The molecule has 1 aromatic carbocycles. The van der Waals surface area contributed by atoms with E-state index >= 15 is 0 Å². The van der Waals surface area contributed by atoms with Gasteiger partial charge in [-0.25, -0.2) is 4.68 Å². The minimum absolute atomic E-state index is 0. The highest BCUT2D eigenvalue weighted by molar-refractivity contribution is 5.93. The summed E-state index contributed by atoms with van der Waals surface area (Å²) in [6.07, 6.45) is 0. The Balaban J connectivity index is 0.00000261. The molecule has 0 bridgehead atoms. The van der Waals surface area contributed by atoms with Gasteiger partial charge in [0, 0.05) is 51.4 Å². The molecule has 146 valence electrons. The molecule has 0 radical (unpaired) electrons. The van der Waals surface area contributed by atoms with E-state index in [2.05, 4.69) is 25.8 Å². The van der Waals surface area contributed by atoms with Crippen LogP contribution in [0.15, 0.2) is 24.3 Å². The van der Waals surface area contributed by atoms with Crippen LogP contribution >= 0.6 is 12.4 Å². The second kappa shape index (κ2) is 9.40. The van der Waals surface area contributed by atoms with Gasteiger partial charge in [-0.15, -0.1) is 17.5 Å². The molecule has 1 aliphatic heterocycles. The molecule has 10 nitrogen and oxygen atoms in total. The molecule has 1 fully saturated rings. The van der Waals surface area contributed by atoms with E-state index in [4.69, 9.17) is 0 Å². The number of aromatic nitrogens is 3. The van der Waals surface area contributed by atoms with E-state index < -0.39 is 4.92 Å². The number of carbonyl (C=O) groups is 1. The van der Waals surface area contributed by atoms with Gasteiger partial charge in [-0.3, -0.25) is 19.8 Å². The van der Waals surface area contributed by atoms with E-state index in [-0.39, 0.29) is 29.7 Å². The molecular weight excluding hydrogens is 374 g/mol. The maximum absolute atomic E-state index is 12.4. The molecule has 2 aromatic rings.